The number of ether oxygens (including phenoxy) is 1. The summed E-state index contributed by atoms with van der Waals surface area (Å²) >= 11 is 0. The van der Waals surface area contributed by atoms with Crippen molar-refractivity contribution in [2.75, 3.05) is 6.54 Å². The van der Waals surface area contributed by atoms with Crippen LogP contribution in [0.15, 0.2) is 12.1 Å². The summed E-state index contributed by atoms with van der Waals surface area (Å²) in [4.78, 5) is 0. The van der Waals surface area contributed by atoms with E-state index in [9.17, 15) is 8.78 Å². The van der Waals surface area contributed by atoms with Crippen LogP contribution in [0.3, 0.4) is 0 Å². The first-order valence-corrected chi connectivity index (χ1v) is 7.38. The maximum Gasteiger partial charge on any atom is 0.163 e. The fraction of sp³-hybridized carbons (Fsp3) is 0.625. The molecule has 1 aliphatic heterocycles. The van der Waals surface area contributed by atoms with Crippen molar-refractivity contribution in [2.24, 2.45) is 0 Å². The Bertz CT molecular complexity index is 464. The van der Waals surface area contributed by atoms with Crippen molar-refractivity contribution in [1.29, 1.82) is 0 Å². The maximum absolute atomic E-state index is 14.2. The van der Waals surface area contributed by atoms with Crippen LogP contribution < -0.4 is 5.32 Å². The first-order valence-electron chi connectivity index (χ1n) is 7.38. The largest absolute Gasteiger partial charge is 0.373 e. The van der Waals surface area contributed by atoms with Crippen LogP contribution >= 0.6 is 0 Å². The molecule has 1 aromatic rings. The van der Waals surface area contributed by atoms with Gasteiger partial charge in [0.2, 0.25) is 0 Å². The van der Waals surface area contributed by atoms with Gasteiger partial charge in [-0.2, -0.15) is 0 Å². The molecule has 0 aromatic heterocycles. The van der Waals surface area contributed by atoms with Gasteiger partial charge in [0.1, 0.15) is 0 Å². The molecule has 112 valence electrons. The van der Waals surface area contributed by atoms with Gasteiger partial charge in [-0.05, 0) is 45.2 Å². The van der Waals surface area contributed by atoms with Gasteiger partial charge in [-0.25, -0.2) is 8.78 Å². The first kappa shape index (κ1) is 15.4. The van der Waals surface area contributed by atoms with E-state index in [1.165, 1.54) is 0 Å². The molecular formula is C16H23F2NO. The minimum atomic E-state index is -0.753. The smallest absolute Gasteiger partial charge is 0.163 e. The Morgan fingerprint density at radius 3 is 2.65 bits per heavy atom. The van der Waals surface area contributed by atoms with Gasteiger partial charge in [0.15, 0.2) is 11.6 Å². The van der Waals surface area contributed by atoms with Crippen LogP contribution in [-0.2, 0) is 4.74 Å². The van der Waals surface area contributed by atoms with Gasteiger partial charge in [-0.1, -0.05) is 19.1 Å². The lowest BCUT2D eigenvalue weighted by Crippen LogP contribution is -2.33. The number of aryl methyl sites for hydroxylation is 1. The lowest BCUT2D eigenvalue weighted by atomic mass is 9.97. The molecule has 1 N–H and O–H groups in total. The zero-order valence-corrected chi connectivity index (χ0v) is 12.4. The summed E-state index contributed by atoms with van der Waals surface area (Å²) in [6.07, 6.45) is 2.87. The monoisotopic (exact) mass is 283 g/mol. The van der Waals surface area contributed by atoms with Crippen LogP contribution in [0.4, 0.5) is 8.78 Å². The lowest BCUT2D eigenvalue weighted by Gasteiger charge is -2.26. The Morgan fingerprint density at radius 2 is 2.05 bits per heavy atom. The van der Waals surface area contributed by atoms with Crippen molar-refractivity contribution in [3.05, 3.63) is 34.9 Å². The molecule has 0 bridgehead atoms. The van der Waals surface area contributed by atoms with Gasteiger partial charge in [0, 0.05) is 5.56 Å². The van der Waals surface area contributed by atoms with Gasteiger partial charge in [0.25, 0.3) is 0 Å². The number of hydrogen-bond acceptors (Lipinski definition) is 2. The van der Waals surface area contributed by atoms with E-state index in [1.54, 1.807) is 19.1 Å². The van der Waals surface area contributed by atoms with Crippen molar-refractivity contribution in [3.8, 4) is 0 Å². The molecule has 20 heavy (non-hydrogen) atoms. The average molecular weight is 283 g/mol. The lowest BCUT2D eigenvalue weighted by molar-refractivity contribution is 0.0307. The second-order valence-electron chi connectivity index (χ2n) is 5.59. The minimum absolute atomic E-state index is 0.0897. The Hall–Kier alpha value is -1.00. The van der Waals surface area contributed by atoms with E-state index in [4.69, 9.17) is 4.74 Å². The molecule has 0 aliphatic carbocycles. The Kier molecular flexibility index (Phi) is 5.11. The SMILES string of the molecule is CCCNC(c1ccc(C)c(F)c1F)C1CCC(C)O1. The van der Waals surface area contributed by atoms with Gasteiger partial charge in [-0.15, -0.1) is 0 Å². The van der Waals surface area contributed by atoms with Gasteiger partial charge < -0.3 is 10.1 Å². The molecule has 2 rings (SSSR count). The van der Waals surface area contributed by atoms with Crippen LogP contribution in [0.5, 0.6) is 0 Å². The number of nitrogens with one attached hydrogen (secondary N) is 1. The van der Waals surface area contributed by atoms with Crippen molar-refractivity contribution in [2.45, 2.75) is 58.3 Å². The zero-order chi connectivity index (χ0) is 14.7. The highest BCUT2D eigenvalue weighted by molar-refractivity contribution is 5.29. The highest BCUT2D eigenvalue weighted by Crippen LogP contribution is 2.32. The highest BCUT2D eigenvalue weighted by atomic mass is 19.2. The molecule has 0 saturated carbocycles. The summed E-state index contributed by atoms with van der Waals surface area (Å²) in [5.74, 6) is -1.50. The van der Waals surface area contributed by atoms with E-state index in [1.807, 2.05) is 13.8 Å². The van der Waals surface area contributed by atoms with E-state index in [2.05, 4.69) is 5.32 Å². The van der Waals surface area contributed by atoms with Crippen molar-refractivity contribution in [3.63, 3.8) is 0 Å². The molecule has 1 aromatic carbocycles. The fourth-order valence-electron chi connectivity index (χ4n) is 2.72. The summed E-state index contributed by atoms with van der Waals surface area (Å²) in [6.45, 7) is 6.40. The molecule has 1 saturated heterocycles. The van der Waals surface area contributed by atoms with E-state index in [0.29, 0.717) is 11.1 Å². The second kappa shape index (κ2) is 6.64. The quantitative estimate of drug-likeness (QED) is 0.885. The molecule has 0 radical (unpaired) electrons. The molecule has 3 atom stereocenters. The molecule has 2 nitrogen and oxygen atoms in total. The molecule has 1 heterocycles. The standard InChI is InChI=1S/C16H23F2NO/c1-4-9-19-16(13-8-6-11(3)20-13)12-7-5-10(2)14(17)15(12)18/h5,7,11,13,16,19H,4,6,8-9H2,1-3H3. The number of halogens is 2. The van der Waals surface area contributed by atoms with Crippen molar-refractivity contribution in [1.82, 2.24) is 5.32 Å². The third-order valence-corrected chi connectivity index (χ3v) is 3.89. The highest BCUT2D eigenvalue weighted by Gasteiger charge is 2.32. The topological polar surface area (TPSA) is 21.3 Å². The average Bonchev–Trinajstić information content (AvgIpc) is 2.85. The predicted octanol–water partition coefficient (Wildman–Crippen LogP) is 3.88. The van der Waals surface area contributed by atoms with Gasteiger partial charge >= 0.3 is 0 Å². The summed E-state index contributed by atoms with van der Waals surface area (Å²) < 4.78 is 33.9. The van der Waals surface area contributed by atoms with E-state index in [0.717, 1.165) is 25.8 Å². The fourth-order valence-corrected chi connectivity index (χ4v) is 2.72. The van der Waals surface area contributed by atoms with E-state index < -0.39 is 11.6 Å². The molecule has 0 spiro atoms. The van der Waals surface area contributed by atoms with Crippen molar-refractivity contribution >= 4 is 0 Å². The number of benzene rings is 1. The molecule has 1 aliphatic rings. The van der Waals surface area contributed by atoms with Crippen LogP contribution in [0, 0.1) is 18.6 Å². The summed E-state index contributed by atoms with van der Waals surface area (Å²) in [5.41, 5.74) is 0.710. The summed E-state index contributed by atoms with van der Waals surface area (Å²) in [5, 5.41) is 3.30. The molecule has 0 amide bonds. The van der Waals surface area contributed by atoms with Crippen LogP contribution in [0.2, 0.25) is 0 Å². The molecular weight excluding hydrogens is 260 g/mol. The molecule has 3 unspecified atom stereocenters. The molecule has 4 heteroatoms. The third-order valence-electron chi connectivity index (χ3n) is 3.89. The van der Waals surface area contributed by atoms with Crippen LogP contribution in [0.25, 0.3) is 0 Å². The van der Waals surface area contributed by atoms with Crippen molar-refractivity contribution < 1.29 is 13.5 Å². The minimum Gasteiger partial charge on any atom is -0.373 e. The predicted molar refractivity (Wildman–Crippen MR) is 75.7 cm³/mol. The molecule has 1 fully saturated rings. The van der Waals surface area contributed by atoms with E-state index >= 15 is 0 Å². The normalized spacial score (nSPS) is 24.1. The summed E-state index contributed by atoms with van der Waals surface area (Å²) in [7, 11) is 0. The Labute approximate surface area is 119 Å². The summed E-state index contributed by atoms with van der Waals surface area (Å²) in [6, 6.07) is 3.02. The van der Waals surface area contributed by atoms with Gasteiger partial charge in [0.05, 0.1) is 18.2 Å². The van der Waals surface area contributed by atoms with E-state index in [-0.39, 0.29) is 18.2 Å². The van der Waals surface area contributed by atoms with Gasteiger partial charge in [-0.3, -0.25) is 0 Å². The first-order chi connectivity index (χ1) is 9.54. The van der Waals surface area contributed by atoms with Crippen LogP contribution in [0.1, 0.15) is 50.3 Å². The number of hydrogen-bond donors (Lipinski definition) is 1. The number of rotatable bonds is 5. The Balaban J connectivity index is 2.28. The van der Waals surface area contributed by atoms with Crippen LogP contribution in [-0.4, -0.2) is 18.8 Å². The Morgan fingerprint density at radius 1 is 1.30 bits per heavy atom. The zero-order valence-electron chi connectivity index (χ0n) is 12.4. The third kappa shape index (κ3) is 3.18. The maximum atomic E-state index is 14.2. The second-order valence-corrected chi connectivity index (χ2v) is 5.59.